The van der Waals surface area contributed by atoms with Crippen molar-refractivity contribution in [3.8, 4) is 0 Å². The van der Waals surface area contributed by atoms with Crippen LogP contribution in [0.3, 0.4) is 0 Å². The Labute approximate surface area is 85.0 Å². The van der Waals surface area contributed by atoms with Gasteiger partial charge in [0.1, 0.15) is 11.0 Å². The highest BCUT2D eigenvalue weighted by atomic mass is 32.1. The fourth-order valence-electron chi connectivity index (χ4n) is 0.978. The van der Waals surface area contributed by atoms with Crippen LogP contribution in [0.1, 0.15) is 12.6 Å². The summed E-state index contributed by atoms with van der Waals surface area (Å²) in [6.07, 6.45) is 0.513. The van der Waals surface area contributed by atoms with E-state index < -0.39 is 12.0 Å². The molecule has 0 saturated carbocycles. The van der Waals surface area contributed by atoms with Crippen molar-refractivity contribution < 1.29 is 14.7 Å². The normalized spacial score (nSPS) is 12.1. The molecule has 0 fully saturated rings. The summed E-state index contributed by atoms with van der Waals surface area (Å²) in [5.41, 5.74) is 2.24. The van der Waals surface area contributed by atoms with E-state index in [0.717, 1.165) is 4.90 Å². The molecule has 0 bridgehead atoms. The van der Waals surface area contributed by atoms with Crippen molar-refractivity contribution in [1.29, 1.82) is 0 Å². The second-order valence-corrected chi connectivity index (χ2v) is 3.60. The molecule has 0 saturated heterocycles. The van der Waals surface area contributed by atoms with E-state index in [9.17, 15) is 9.59 Å². The molecular weight excluding hydrogens is 204 g/mol. The topological polar surface area (TPSA) is 70.5 Å². The lowest BCUT2D eigenvalue weighted by Gasteiger charge is -2.19. The number of carboxylic acids is 1. The quantitative estimate of drug-likeness (QED) is 0.755. The molecule has 6 heteroatoms. The average Bonchev–Trinajstić information content (AvgIpc) is 2.53. The number of hydrogen-bond acceptors (Lipinski definition) is 4. The van der Waals surface area contributed by atoms with E-state index in [-0.39, 0.29) is 0 Å². The Morgan fingerprint density at radius 2 is 2.43 bits per heavy atom. The van der Waals surface area contributed by atoms with Crippen LogP contribution in [-0.4, -0.2) is 28.5 Å². The zero-order valence-electron chi connectivity index (χ0n) is 7.80. The summed E-state index contributed by atoms with van der Waals surface area (Å²) in [5, 5.41) is 9.34. The molecule has 0 aliphatic heterocycles. The highest BCUT2D eigenvalue weighted by molar-refractivity contribution is 7.14. The van der Waals surface area contributed by atoms with Gasteiger partial charge in [-0.05, 0) is 13.8 Å². The second kappa shape index (κ2) is 4.19. The van der Waals surface area contributed by atoms with Crippen molar-refractivity contribution in [3.63, 3.8) is 0 Å². The van der Waals surface area contributed by atoms with Gasteiger partial charge in [-0.15, -0.1) is 11.3 Å². The maximum Gasteiger partial charge on any atom is 0.326 e. The third-order valence-corrected chi connectivity index (χ3v) is 2.78. The number of aryl methyl sites for hydroxylation is 1. The van der Waals surface area contributed by atoms with Gasteiger partial charge in [-0.1, -0.05) is 0 Å². The van der Waals surface area contributed by atoms with Gasteiger partial charge >= 0.3 is 5.97 Å². The van der Waals surface area contributed by atoms with E-state index in [1.165, 1.54) is 18.3 Å². The molecule has 0 spiro atoms. The maximum atomic E-state index is 10.7. The Morgan fingerprint density at radius 1 is 1.79 bits per heavy atom. The minimum absolute atomic E-state index is 0.513. The predicted molar refractivity (Wildman–Crippen MR) is 52.5 cm³/mol. The van der Waals surface area contributed by atoms with Crippen LogP contribution in [-0.2, 0) is 9.59 Å². The monoisotopic (exact) mass is 214 g/mol. The van der Waals surface area contributed by atoms with Gasteiger partial charge in [0.05, 0.1) is 11.2 Å². The molecule has 1 atom stereocenters. The average molecular weight is 214 g/mol. The fourth-order valence-corrected chi connectivity index (χ4v) is 1.83. The van der Waals surface area contributed by atoms with Crippen LogP contribution in [0.5, 0.6) is 0 Å². The molecule has 1 aromatic rings. The molecule has 1 unspecified atom stereocenters. The number of carbonyl (C=O) groups is 2. The Balaban J connectivity index is 2.98. The van der Waals surface area contributed by atoms with Crippen molar-refractivity contribution in [2.45, 2.75) is 19.9 Å². The number of thiazole rings is 1. The Kier molecular flexibility index (Phi) is 3.19. The van der Waals surface area contributed by atoms with E-state index in [4.69, 9.17) is 5.11 Å². The van der Waals surface area contributed by atoms with Crippen molar-refractivity contribution in [2.24, 2.45) is 0 Å². The minimum Gasteiger partial charge on any atom is -0.480 e. The van der Waals surface area contributed by atoms with E-state index in [2.05, 4.69) is 4.98 Å². The van der Waals surface area contributed by atoms with Crippen molar-refractivity contribution in [3.05, 3.63) is 11.2 Å². The number of amides is 1. The molecule has 14 heavy (non-hydrogen) atoms. The molecule has 1 amide bonds. The van der Waals surface area contributed by atoms with Crippen LogP contribution >= 0.6 is 11.3 Å². The standard InChI is InChI=1S/C8H10N2O3S/c1-5-7(14-3-9-5)10(4-11)6(2)8(12)13/h3-4,6H,1-2H3,(H,12,13). The maximum absolute atomic E-state index is 10.7. The Bertz CT molecular complexity index is 350. The number of aromatic nitrogens is 1. The predicted octanol–water partition coefficient (Wildman–Crippen LogP) is 0.887. The summed E-state index contributed by atoms with van der Waals surface area (Å²) in [7, 11) is 0. The SMILES string of the molecule is Cc1ncsc1N(C=O)C(C)C(=O)O. The summed E-state index contributed by atoms with van der Waals surface area (Å²) >= 11 is 1.25. The van der Waals surface area contributed by atoms with Crippen LogP contribution in [0.25, 0.3) is 0 Å². The molecule has 5 nitrogen and oxygen atoms in total. The molecule has 1 N–H and O–H groups in total. The van der Waals surface area contributed by atoms with E-state index in [1.807, 2.05) is 0 Å². The van der Waals surface area contributed by atoms with Crippen LogP contribution in [0.2, 0.25) is 0 Å². The van der Waals surface area contributed by atoms with Gasteiger partial charge in [0.2, 0.25) is 6.41 Å². The number of carboxylic acid groups (broad SMARTS) is 1. The van der Waals surface area contributed by atoms with Crippen molar-refractivity contribution in [2.75, 3.05) is 4.90 Å². The molecule has 1 rings (SSSR count). The van der Waals surface area contributed by atoms with Crippen molar-refractivity contribution in [1.82, 2.24) is 4.98 Å². The van der Waals surface area contributed by atoms with Crippen molar-refractivity contribution >= 4 is 28.7 Å². The first-order chi connectivity index (χ1) is 6.57. The molecular formula is C8H10N2O3S. The highest BCUT2D eigenvalue weighted by Crippen LogP contribution is 2.24. The smallest absolute Gasteiger partial charge is 0.326 e. The fraction of sp³-hybridized carbons (Fsp3) is 0.375. The number of nitrogens with zero attached hydrogens (tertiary/aromatic N) is 2. The second-order valence-electron chi connectivity index (χ2n) is 2.77. The highest BCUT2D eigenvalue weighted by Gasteiger charge is 2.23. The zero-order chi connectivity index (χ0) is 10.7. The van der Waals surface area contributed by atoms with Crippen LogP contribution in [0.4, 0.5) is 5.00 Å². The lowest BCUT2D eigenvalue weighted by molar-refractivity contribution is -0.138. The molecule has 0 aliphatic rings. The van der Waals surface area contributed by atoms with Gasteiger partial charge < -0.3 is 5.11 Å². The summed E-state index contributed by atoms with van der Waals surface area (Å²) in [6.45, 7) is 3.19. The number of hydrogen-bond donors (Lipinski definition) is 1. The first kappa shape index (κ1) is 10.6. The van der Waals surface area contributed by atoms with Gasteiger partial charge in [-0.25, -0.2) is 9.78 Å². The molecule has 0 aromatic carbocycles. The third kappa shape index (κ3) is 1.90. The molecule has 76 valence electrons. The zero-order valence-corrected chi connectivity index (χ0v) is 8.61. The first-order valence-corrected chi connectivity index (χ1v) is 4.82. The number of anilines is 1. The summed E-state index contributed by atoms with van der Waals surface area (Å²) < 4.78 is 0. The van der Waals surface area contributed by atoms with Crippen LogP contribution in [0, 0.1) is 6.92 Å². The largest absolute Gasteiger partial charge is 0.480 e. The van der Waals surface area contributed by atoms with Gasteiger partial charge in [0, 0.05) is 0 Å². The van der Waals surface area contributed by atoms with Crippen LogP contribution in [0.15, 0.2) is 5.51 Å². The Morgan fingerprint density at radius 3 is 2.79 bits per heavy atom. The summed E-state index contributed by atoms with van der Waals surface area (Å²) in [4.78, 5) is 26.5. The first-order valence-electron chi connectivity index (χ1n) is 3.94. The number of aliphatic carboxylic acids is 1. The summed E-state index contributed by atoms with van der Waals surface area (Å²) in [6, 6.07) is -0.869. The lowest BCUT2D eigenvalue weighted by atomic mass is 10.3. The van der Waals surface area contributed by atoms with Gasteiger partial charge in [0.25, 0.3) is 0 Å². The minimum atomic E-state index is -1.04. The molecule has 0 aliphatic carbocycles. The molecule has 0 radical (unpaired) electrons. The van der Waals surface area contributed by atoms with Gasteiger partial charge in [-0.2, -0.15) is 0 Å². The van der Waals surface area contributed by atoms with E-state index >= 15 is 0 Å². The molecule has 1 aromatic heterocycles. The van der Waals surface area contributed by atoms with Crippen LogP contribution < -0.4 is 4.90 Å². The third-order valence-electron chi connectivity index (χ3n) is 1.84. The number of rotatable bonds is 4. The summed E-state index contributed by atoms with van der Waals surface area (Å²) in [5.74, 6) is -1.04. The van der Waals surface area contributed by atoms with Gasteiger partial charge in [-0.3, -0.25) is 9.69 Å². The molecule has 1 heterocycles. The van der Waals surface area contributed by atoms with E-state index in [0.29, 0.717) is 17.1 Å². The van der Waals surface area contributed by atoms with E-state index in [1.54, 1.807) is 12.4 Å². The lowest BCUT2D eigenvalue weighted by Crippen LogP contribution is -2.37. The van der Waals surface area contributed by atoms with Gasteiger partial charge in [0.15, 0.2) is 0 Å². The number of carbonyl (C=O) groups excluding carboxylic acids is 1. The Hall–Kier alpha value is -1.43.